The number of hydrogen-bond donors (Lipinski definition) is 1. The van der Waals surface area contributed by atoms with Crippen molar-refractivity contribution in [3.8, 4) is 0 Å². The molecule has 2 atom stereocenters. The SMILES string of the molecule is CCNC(c1ccsc1C)C1CCCCO1. The second-order valence-corrected chi connectivity index (χ2v) is 5.49. The minimum Gasteiger partial charge on any atom is -0.376 e. The first-order valence-electron chi connectivity index (χ1n) is 6.22. The van der Waals surface area contributed by atoms with E-state index < -0.39 is 0 Å². The van der Waals surface area contributed by atoms with Crippen LogP contribution in [0, 0.1) is 6.92 Å². The van der Waals surface area contributed by atoms with Crippen molar-refractivity contribution >= 4 is 11.3 Å². The topological polar surface area (TPSA) is 21.3 Å². The predicted molar refractivity (Wildman–Crippen MR) is 69.1 cm³/mol. The fourth-order valence-electron chi connectivity index (χ4n) is 2.41. The van der Waals surface area contributed by atoms with Gasteiger partial charge in [-0.1, -0.05) is 6.92 Å². The molecule has 90 valence electrons. The maximum atomic E-state index is 5.91. The van der Waals surface area contributed by atoms with Crippen molar-refractivity contribution in [2.45, 2.75) is 45.3 Å². The van der Waals surface area contributed by atoms with Gasteiger partial charge in [-0.25, -0.2) is 0 Å². The van der Waals surface area contributed by atoms with Crippen LogP contribution in [0.5, 0.6) is 0 Å². The summed E-state index contributed by atoms with van der Waals surface area (Å²) >= 11 is 1.83. The maximum Gasteiger partial charge on any atom is 0.0770 e. The molecule has 3 heteroatoms. The van der Waals surface area contributed by atoms with Gasteiger partial charge in [-0.2, -0.15) is 0 Å². The summed E-state index contributed by atoms with van der Waals surface area (Å²) in [5, 5.41) is 5.76. The van der Waals surface area contributed by atoms with E-state index >= 15 is 0 Å². The summed E-state index contributed by atoms with van der Waals surface area (Å²) < 4.78 is 5.91. The molecule has 0 amide bonds. The van der Waals surface area contributed by atoms with Crippen molar-refractivity contribution in [1.82, 2.24) is 5.32 Å². The largest absolute Gasteiger partial charge is 0.376 e. The normalized spacial score (nSPS) is 23.2. The van der Waals surface area contributed by atoms with Gasteiger partial charge >= 0.3 is 0 Å². The highest BCUT2D eigenvalue weighted by Gasteiger charge is 2.26. The maximum absolute atomic E-state index is 5.91. The van der Waals surface area contributed by atoms with Gasteiger partial charge in [0.2, 0.25) is 0 Å². The zero-order valence-corrected chi connectivity index (χ0v) is 11.0. The number of rotatable bonds is 4. The van der Waals surface area contributed by atoms with Crippen LogP contribution in [0.2, 0.25) is 0 Å². The fourth-order valence-corrected chi connectivity index (χ4v) is 3.16. The first-order valence-corrected chi connectivity index (χ1v) is 7.10. The van der Waals surface area contributed by atoms with Crippen LogP contribution in [-0.4, -0.2) is 19.3 Å². The van der Waals surface area contributed by atoms with Crippen LogP contribution in [-0.2, 0) is 4.74 Å². The van der Waals surface area contributed by atoms with Gasteiger partial charge in [-0.05, 0) is 49.7 Å². The Morgan fingerprint density at radius 3 is 3.00 bits per heavy atom. The van der Waals surface area contributed by atoms with Gasteiger partial charge in [0.15, 0.2) is 0 Å². The van der Waals surface area contributed by atoms with E-state index in [1.165, 1.54) is 29.7 Å². The second-order valence-electron chi connectivity index (χ2n) is 4.37. The van der Waals surface area contributed by atoms with Gasteiger partial charge in [-0.15, -0.1) is 11.3 Å². The average Bonchev–Trinajstić information content (AvgIpc) is 2.73. The molecule has 1 aliphatic heterocycles. The number of thiophene rings is 1. The monoisotopic (exact) mass is 239 g/mol. The number of aryl methyl sites for hydroxylation is 1. The number of hydrogen-bond acceptors (Lipinski definition) is 3. The van der Waals surface area contributed by atoms with Crippen LogP contribution in [0.1, 0.15) is 42.7 Å². The molecule has 16 heavy (non-hydrogen) atoms. The third kappa shape index (κ3) is 2.65. The van der Waals surface area contributed by atoms with Gasteiger partial charge in [0.1, 0.15) is 0 Å². The average molecular weight is 239 g/mol. The van der Waals surface area contributed by atoms with Gasteiger partial charge < -0.3 is 10.1 Å². The van der Waals surface area contributed by atoms with Crippen molar-refractivity contribution < 1.29 is 4.74 Å². The standard InChI is InChI=1S/C13H21NOS/c1-3-14-13(11-7-9-16-10(11)2)12-6-4-5-8-15-12/h7,9,12-14H,3-6,8H2,1-2H3. The summed E-state index contributed by atoms with van der Waals surface area (Å²) in [6.07, 6.45) is 4.07. The molecule has 1 aromatic heterocycles. The Labute approximate surface area is 102 Å². The number of likely N-dealkylation sites (N-methyl/N-ethyl adjacent to an activating group) is 1. The number of ether oxygens (including phenoxy) is 1. The Hall–Kier alpha value is -0.380. The quantitative estimate of drug-likeness (QED) is 0.870. The molecular weight excluding hydrogens is 218 g/mol. The summed E-state index contributed by atoms with van der Waals surface area (Å²) in [6.45, 7) is 6.29. The first kappa shape index (κ1) is 12.1. The van der Waals surface area contributed by atoms with Crippen molar-refractivity contribution in [1.29, 1.82) is 0 Å². The molecule has 1 aliphatic rings. The molecule has 0 spiro atoms. The lowest BCUT2D eigenvalue weighted by molar-refractivity contribution is -0.00789. The van der Waals surface area contributed by atoms with E-state index in [0.29, 0.717) is 12.1 Å². The lowest BCUT2D eigenvalue weighted by atomic mass is 9.96. The Bertz CT molecular complexity index is 317. The molecule has 2 rings (SSSR count). The molecule has 1 aromatic rings. The van der Waals surface area contributed by atoms with Crippen LogP contribution in [0.3, 0.4) is 0 Å². The molecule has 0 bridgehead atoms. The zero-order valence-electron chi connectivity index (χ0n) is 10.2. The third-order valence-electron chi connectivity index (χ3n) is 3.24. The minimum atomic E-state index is 0.363. The van der Waals surface area contributed by atoms with Crippen molar-refractivity contribution in [2.75, 3.05) is 13.2 Å². The molecule has 2 unspecified atom stereocenters. The van der Waals surface area contributed by atoms with E-state index in [0.717, 1.165) is 13.2 Å². The molecule has 2 heterocycles. The van der Waals surface area contributed by atoms with Gasteiger partial charge in [0.05, 0.1) is 12.1 Å². The molecule has 2 nitrogen and oxygen atoms in total. The molecule has 0 saturated carbocycles. The minimum absolute atomic E-state index is 0.363. The molecule has 1 fully saturated rings. The Balaban J connectivity index is 2.12. The van der Waals surface area contributed by atoms with E-state index in [1.807, 2.05) is 11.3 Å². The Morgan fingerprint density at radius 1 is 1.56 bits per heavy atom. The molecule has 0 aliphatic carbocycles. The lowest BCUT2D eigenvalue weighted by Gasteiger charge is -2.31. The van der Waals surface area contributed by atoms with Gasteiger partial charge in [-0.3, -0.25) is 0 Å². The highest BCUT2D eigenvalue weighted by Crippen LogP contribution is 2.30. The molecule has 1 saturated heterocycles. The summed E-state index contributed by atoms with van der Waals surface area (Å²) in [4.78, 5) is 1.42. The second kappa shape index (κ2) is 5.80. The molecule has 0 radical (unpaired) electrons. The van der Waals surface area contributed by atoms with Crippen molar-refractivity contribution in [2.24, 2.45) is 0 Å². The predicted octanol–water partition coefficient (Wildman–Crippen LogP) is 3.28. The van der Waals surface area contributed by atoms with Crippen LogP contribution in [0.25, 0.3) is 0 Å². The highest BCUT2D eigenvalue weighted by molar-refractivity contribution is 7.10. The summed E-state index contributed by atoms with van der Waals surface area (Å²) in [5.74, 6) is 0. The molecule has 1 N–H and O–H groups in total. The summed E-state index contributed by atoms with van der Waals surface area (Å²) in [5.41, 5.74) is 1.43. The van der Waals surface area contributed by atoms with Crippen LogP contribution >= 0.6 is 11.3 Å². The van der Waals surface area contributed by atoms with E-state index in [2.05, 4.69) is 30.6 Å². The van der Waals surface area contributed by atoms with E-state index in [9.17, 15) is 0 Å². The van der Waals surface area contributed by atoms with Crippen molar-refractivity contribution in [3.63, 3.8) is 0 Å². The third-order valence-corrected chi connectivity index (χ3v) is 4.11. The molecular formula is C13H21NOS. The van der Waals surface area contributed by atoms with Gasteiger partial charge in [0.25, 0.3) is 0 Å². The number of nitrogens with one attached hydrogen (secondary N) is 1. The first-order chi connectivity index (χ1) is 7.83. The van der Waals surface area contributed by atoms with E-state index in [1.54, 1.807) is 0 Å². The van der Waals surface area contributed by atoms with Crippen LogP contribution in [0.15, 0.2) is 11.4 Å². The summed E-state index contributed by atoms with van der Waals surface area (Å²) in [7, 11) is 0. The van der Waals surface area contributed by atoms with E-state index in [-0.39, 0.29) is 0 Å². The van der Waals surface area contributed by atoms with Gasteiger partial charge in [0, 0.05) is 11.5 Å². The fraction of sp³-hybridized carbons (Fsp3) is 0.692. The summed E-state index contributed by atoms with van der Waals surface area (Å²) in [6, 6.07) is 2.63. The van der Waals surface area contributed by atoms with E-state index in [4.69, 9.17) is 4.74 Å². The van der Waals surface area contributed by atoms with Crippen LogP contribution in [0.4, 0.5) is 0 Å². The Kier molecular flexibility index (Phi) is 4.38. The lowest BCUT2D eigenvalue weighted by Crippen LogP contribution is -2.36. The van der Waals surface area contributed by atoms with Crippen LogP contribution < -0.4 is 5.32 Å². The van der Waals surface area contributed by atoms with Crippen molar-refractivity contribution in [3.05, 3.63) is 21.9 Å². The highest BCUT2D eigenvalue weighted by atomic mass is 32.1. The zero-order chi connectivity index (χ0) is 11.4. The molecule has 0 aromatic carbocycles. The Morgan fingerprint density at radius 2 is 2.44 bits per heavy atom. The smallest absolute Gasteiger partial charge is 0.0770 e.